The molecule has 0 unspecified atom stereocenters. The fraction of sp³-hybridized carbons (Fsp3) is 0.364. The van der Waals surface area contributed by atoms with Crippen LogP contribution in [-0.4, -0.2) is 51.2 Å². The molecule has 4 rings (SSSR count). The van der Waals surface area contributed by atoms with Crippen molar-refractivity contribution in [2.45, 2.75) is 26.2 Å². The standard InChI is InChI=1S/C22H26N8O3/c1-5-14-18(29-30(3)28-14)13-7-6-8-15(20(13)33-4)24-16-11-17(25-21(31)12-9-10-12)26-27-19(16)22(32)23-2/h6-8,11-12H,5,9-10H2,1-4H3,(H,23,32)(H2,24,25,26,31). The number of amides is 2. The normalized spacial score (nSPS) is 12.8. The lowest BCUT2D eigenvalue weighted by Gasteiger charge is -2.16. The predicted molar refractivity (Wildman–Crippen MR) is 122 cm³/mol. The van der Waals surface area contributed by atoms with Gasteiger partial charge in [-0.05, 0) is 31.4 Å². The van der Waals surface area contributed by atoms with Crippen LogP contribution in [0.25, 0.3) is 11.3 Å². The van der Waals surface area contributed by atoms with E-state index in [1.807, 2.05) is 25.1 Å². The molecule has 0 radical (unpaired) electrons. The highest BCUT2D eigenvalue weighted by atomic mass is 16.5. The highest BCUT2D eigenvalue weighted by Crippen LogP contribution is 2.39. The monoisotopic (exact) mass is 450 g/mol. The molecular weight excluding hydrogens is 424 g/mol. The summed E-state index contributed by atoms with van der Waals surface area (Å²) in [6.45, 7) is 2.01. The number of rotatable bonds is 8. The number of ether oxygens (including phenoxy) is 1. The van der Waals surface area contributed by atoms with E-state index in [1.165, 1.54) is 11.8 Å². The molecule has 11 heteroatoms. The molecule has 0 spiro atoms. The molecule has 3 N–H and O–H groups in total. The van der Waals surface area contributed by atoms with E-state index < -0.39 is 5.91 Å². The summed E-state index contributed by atoms with van der Waals surface area (Å²) < 4.78 is 5.73. The number of carbonyl (C=O) groups is 2. The van der Waals surface area contributed by atoms with Crippen molar-refractivity contribution in [1.29, 1.82) is 0 Å². The lowest BCUT2D eigenvalue weighted by atomic mass is 10.1. The fourth-order valence-corrected chi connectivity index (χ4v) is 3.49. The van der Waals surface area contributed by atoms with E-state index in [2.05, 4.69) is 36.3 Å². The third-order valence-electron chi connectivity index (χ3n) is 5.30. The van der Waals surface area contributed by atoms with Gasteiger partial charge in [0, 0.05) is 31.6 Å². The Morgan fingerprint density at radius 2 is 1.97 bits per heavy atom. The van der Waals surface area contributed by atoms with Crippen LogP contribution >= 0.6 is 0 Å². The summed E-state index contributed by atoms with van der Waals surface area (Å²) in [6, 6.07) is 7.17. The van der Waals surface area contributed by atoms with Gasteiger partial charge in [0.1, 0.15) is 5.69 Å². The number of hydrogen-bond donors (Lipinski definition) is 3. The van der Waals surface area contributed by atoms with Crippen LogP contribution in [-0.2, 0) is 18.3 Å². The molecule has 2 aromatic heterocycles. The largest absolute Gasteiger partial charge is 0.494 e. The number of aryl methyl sites for hydroxylation is 2. The van der Waals surface area contributed by atoms with Gasteiger partial charge >= 0.3 is 0 Å². The van der Waals surface area contributed by atoms with Gasteiger partial charge in [-0.15, -0.1) is 10.2 Å². The Morgan fingerprint density at radius 1 is 1.18 bits per heavy atom. The van der Waals surface area contributed by atoms with Crippen molar-refractivity contribution in [3.05, 3.63) is 35.7 Å². The van der Waals surface area contributed by atoms with Crippen molar-refractivity contribution in [2.75, 3.05) is 24.8 Å². The average Bonchev–Trinajstić information content (AvgIpc) is 3.60. The molecule has 172 valence electrons. The number of anilines is 3. The van der Waals surface area contributed by atoms with Crippen molar-refractivity contribution in [2.24, 2.45) is 13.0 Å². The highest BCUT2D eigenvalue weighted by molar-refractivity contribution is 6.00. The number of benzene rings is 1. The van der Waals surface area contributed by atoms with Gasteiger partial charge in [-0.25, -0.2) is 0 Å². The summed E-state index contributed by atoms with van der Waals surface area (Å²) in [5, 5.41) is 25.5. The second-order valence-corrected chi connectivity index (χ2v) is 7.68. The van der Waals surface area contributed by atoms with Crippen LogP contribution in [0, 0.1) is 5.92 Å². The van der Waals surface area contributed by atoms with Crippen molar-refractivity contribution in [1.82, 2.24) is 30.5 Å². The van der Waals surface area contributed by atoms with Gasteiger partial charge in [0.2, 0.25) is 5.91 Å². The Bertz CT molecular complexity index is 1200. The molecule has 2 amide bonds. The van der Waals surface area contributed by atoms with Crippen molar-refractivity contribution in [3.63, 3.8) is 0 Å². The topological polar surface area (TPSA) is 136 Å². The van der Waals surface area contributed by atoms with E-state index in [0.29, 0.717) is 23.5 Å². The zero-order valence-electron chi connectivity index (χ0n) is 19.0. The molecule has 0 atom stereocenters. The Hall–Kier alpha value is -4.02. The molecule has 0 aliphatic heterocycles. The summed E-state index contributed by atoms with van der Waals surface area (Å²) >= 11 is 0. The predicted octanol–water partition coefficient (Wildman–Crippen LogP) is 2.29. The fourth-order valence-electron chi connectivity index (χ4n) is 3.49. The van der Waals surface area contributed by atoms with Gasteiger partial charge in [-0.2, -0.15) is 15.0 Å². The first-order valence-electron chi connectivity index (χ1n) is 10.7. The van der Waals surface area contributed by atoms with Gasteiger partial charge in [0.25, 0.3) is 5.91 Å². The van der Waals surface area contributed by atoms with Crippen LogP contribution in [0.1, 0.15) is 35.9 Å². The molecule has 1 saturated carbocycles. The number of para-hydroxylation sites is 1. The molecule has 1 aromatic carbocycles. The van der Waals surface area contributed by atoms with Crippen LogP contribution in [0.2, 0.25) is 0 Å². The molecule has 1 aliphatic carbocycles. The third kappa shape index (κ3) is 4.61. The molecule has 1 fully saturated rings. The Balaban J connectivity index is 1.74. The van der Waals surface area contributed by atoms with E-state index >= 15 is 0 Å². The second kappa shape index (κ2) is 9.23. The Kier molecular flexibility index (Phi) is 6.20. The third-order valence-corrected chi connectivity index (χ3v) is 5.30. The van der Waals surface area contributed by atoms with Crippen LogP contribution in [0.15, 0.2) is 24.3 Å². The van der Waals surface area contributed by atoms with Gasteiger partial charge in [-0.3, -0.25) is 9.59 Å². The highest BCUT2D eigenvalue weighted by Gasteiger charge is 2.30. The van der Waals surface area contributed by atoms with E-state index in [9.17, 15) is 9.59 Å². The van der Waals surface area contributed by atoms with Gasteiger partial charge < -0.3 is 20.7 Å². The first kappa shape index (κ1) is 22.2. The van der Waals surface area contributed by atoms with E-state index in [1.54, 1.807) is 20.2 Å². The first-order chi connectivity index (χ1) is 15.9. The maximum Gasteiger partial charge on any atom is 0.273 e. The van der Waals surface area contributed by atoms with Crippen LogP contribution in [0.3, 0.4) is 0 Å². The lowest BCUT2D eigenvalue weighted by Crippen LogP contribution is -2.22. The second-order valence-electron chi connectivity index (χ2n) is 7.68. The lowest BCUT2D eigenvalue weighted by molar-refractivity contribution is -0.117. The summed E-state index contributed by atoms with van der Waals surface area (Å²) in [6.07, 6.45) is 2.45. The van der Waals surface area contributed by atoms with Gasteiger partial charge in [0.15, 0.2) is 17.3 Å². The molecule has 1 aliphatic rings. The van der Waals surface area contributed by atoms with E-state index in [0.717, 1.165) is 29.8 Å². The first-order valence-corrected chi connectivity index (χ1v) is 10.7. The Labute approximate surface area is 190 Å². The zero-order chi connectivity index (χ0) is 23.5. The zero-order valence-corrected chi connectivity index (χ0v) is 19.0. The van der Waals surface area contributed by atoms with E-state index in [-0.39, 0.29) is 23.3 Å². The maximum atomic E-state index is 12.4. The SMILES string of the molecule is CCc1nn(C)nc1-c1cccc(Nc2cc(NC(=O)C3CC3)nnc2C(=O)NC)c1OC. The molecule has 0 saturated heterocycles. The summed E-state index contributed by atoms with van der Waals surface area (Å²) in [5.41, 5.74) is 3.38. The van der Waals surface area contributed by atoms with Crippen LogP contribution in [0.4, 0.5) is 17.2 Å². The minimum atomic E-state index is -0.414. The molecule has 11 nitrogen and oxygen atoms in total. The number of nitrogens with one attached hydrogen (secondary N) is 3. The van der Waals surface area contributed by atoms with Crippen LogP contribution < -0.4 is 20.7 Å². The summed E-state index contributed by atoms with van der Waals surface area (Å²) in [5.74, 6) is 0.299. The number of aromatic nitrogens is 5. The summed E-state index contributed by atoms with van der Waals surface area (Å²) in [4.78, 5) is 26.1. The van der Waals surface area contributed by atoms with Crippen molar-refractivity contribution < 1.29 is 14.3 Å². The number of carbonyl (C=O) groups excluding carboxylic acids is 2. The summed E-state index contributed by atoms with van der Waals surface area (Å²) in [7, 11) is 4.85. The molecule has 0 bridgehead atoms. The number of methoxy groups -OCH3 is 1. The van der Waals surface area contributed by atoms with Gasteiger partial charge in [0.05, 0.1) is 24.2 Å². The average molecular weight is 451 g/mol. The Morgan fingerprint density at radius 3 is 2.64 bits per heavy atom. The molecule has 33 heavy (non-hydrogen) atoms. The van der Waals surface area contributed by atoms with Crippen molar-refractivity contribution in [3.8, 4) is 17.0 Å². The molecule has 3 aromatic rings. The molecular formula is C22H26N8O3. The smallest absolute Gasteiger partial charge is 0.273 e. The number of hydrogen-bond acceptors (Lipinski definition) is 8. The quantitative estimate of drug-likeness (QED) is 0.476. The number of nitrogens with zero attached hydrogens (tertiary/aromatic N) is 5. The molecule has 2 heterocycles. The van der Waals surface area contributed by atoms with Crippen molar-refractivity contribution >= 4 is 29.0 Å². The van der Waals surface area contributed by atoms with E-state index in [4.69, 9.17) is 4.74 Å². The van der Waals surface area contributed by atoms with Crippen LogP contribution in [0.5, 0.6) is 5.75 Å². The van der Waals surface area contributed by atoms with Gasteiger partial charge in [-0.1, -0.05) is 13.0 Å². The minimum Gasteiger partial charge on any atom is -0.494 e. The maximum absolute atomic E-state index is 12.4. The minimum absolute atomic E-state index is 0.0124.